The van der Waals surface area contributed by atoms with Crippen LogP contribution >= 0.6 is 11.3 Å². The Hall–Kier alpha value is -4.04. The summed E-state index contributed by atoms with van der Waals surface area (Å²) in [4.78, 5) is 25.1. The van der Waals surface area contributed by atoms with Crippen molar-refractivity contribution in [3.8, 4) is 27.3 Å². The summed E-state index contributed by atoms with van der Waals surface area (Å²) in [5.74, 6) is -0.225. The first kappa shape index (κ1) is 24.6. The molecule has 1 unspecified atom stereocenters. The molecule has 1 saturated carbocycles. The first-order valence-electron chi connectivity index (χ1n) is 11.8. The lowest BCUT2D eigenvalue weighted by atomic mass is 9.98. The molecular formula is C29H23F2NO4S. The Morgan fingerprint density at radius 1 is 0.946 bits per heavy atom. The SMILES string of the molecule is CC(OC(=O)Nc1cc(F)sc1-c1ccccc1-c1ccc(OC(=O)C2CC2)cc1)c1ccccc1F. The molecule has 0 bridgehead atoms. The van der Waals surface area contributed by atoms with Gasteiger partial charge in [0.2, 0.25) is 0 Å². The molecular weight excluding hydrogens is 496 g/mol. The van der Waals surface area contributed by atoms with Gasteiger partial charge >= 0.3 is 12.1 Å². The fourth-order valence-electron chi connectivity index (χ4n) is 3.98. The smallest absolute Gasteiger partial charge is 0.412 e. The van der Waals surface area contributed by atoms with Gasteiger partial charge in [-0.25, -0.2) is 9.18 Å². The highest BCUT2D eigenvalue weighted by Crippen LogP contribution is 2.42. The molecule has 1 atom stereocenters. The molecule has 1 heterocycles. The Balaban J connectivity index is 1.37. The molecule has 1 N–H and O–H groups in total. The van der Waals surface area contributed by atoms with E-state index in [1.165, 1.54) is 18.2 Å². The van der Waals surface area contributed by atoms with E-state index in [2.05, 4.69) is 5.32 Å². The van der Waals surface area contributed by atoms with E-state index >= 15 is 0 Å². The number of hydrogen-bond donors (Lipinski definition) is 1. The molecule has 0 saturated heterocycles. The maximum atomic E-state index is 14.4. The number of halogens is 2. The van der Waals surface area contributed by atoms with Crippen molar-refractivity contribution in [2.24, 2.45) is 5.92 Å². The number of hydrogen-bond acceptors (Lipinski definition) is 5. The topological polar surface area (TPSA) is 64.6 Å². The molecule has 1 amide bonds. The molecule has 0 spiro atoms. The third-order valence-corrected chi connectivity index (χ3v) is 6.99. The number of amides is 1. The number of nitrogens with one attached hydrogen (secondary N) is 1. The van der Waals surface area contributed by atoms with Crippen LogP contribution in [0.3, 0.4) is 0 Å². The van der Waals surface area contributed by atoms with Gasteiger partial charge in [-0.3, -0.25) is 10.1 Å². The van der Waals surface area contributed by atoms with E-state index in [1.807, 2.05) is 36.4 Å². The van der Waals surface area contributed by atoms with Crippen LogP contribution in [0.1, 0.15) is 31.4 Å². The second-order valence-corrected chi connectivity index (χ2v) is 9.76. The maximum Gasteiger partial charge on any atom is 0.412 e. The standard InChI is InChI=1S/C29H23F2NO4S/c1-17(21-6-4-5-9-24(21)30)35-29(34)32-25-16-26(31)37-27(25)23-8-3-2-7-22(23)18-12-14-20(15-13-18)36-28(33)19-10-11-19/h2-9,12-17,19H,10-11H2,1H3,(H,32,34). The summed E-state index contributed by atoms with van der Waals surface area (Å²) in [5.41, 5.74) is 2.83. The minimum Gasteiger partial charge on any atom is -0.441 e. The predicted molar refractivity (Wildman–Crippen MR) is 138 cm³/mol. The third kappa shape index (κ3) is 5.70. The van der Waals surface area contributed by atoms with Crippen LogP contribution in [0.2, 0.25) is 0 Å². The van der Waals surface area contributed by atoms with Crippen molar-refractivity contribution in [2.45, 2.75) is 25.9 Å². The van der Waals surface area contributed by atoms with Crippen molar-refractivity contribution in [3.63, 3.8) is 0 Å². The van der Waals surface area contributed by atoms with Crippen molar-refractivity contribution in [1.29, 1.82) is 0 Å². The van der Waals surface area contributed by atoms with Gasteiger partial charge in [0.15, 0.2) is 5.13 Å². The Morgan fingerprint density at radius 3 is 2.32 bits per heavy atom. The first-order chi connectivity index (χ1) is 17.9. The van der Waals surface area contributed by atoms with E-state index in [0.29, 0.717) is 16.2 Å². The molecule has 5 nitrogen and oxygen atoms in total. The molecule has 37 heavy (non-hydrogen) atoms. The lowest BCUT2D eigenvalue weighted by Gasteiger charge is -2.16. The fraction of sp³-hybridized carbons (Fsp3) is 0.172. The number of anilines is 1. The zero-order valence-electron chi connectivity index (χ0n) is 19.9. The number of rotatable bonds is 7. The van der Waals surface area contributed by atoms with Crippen LogP contribution < -0.4 is 10.1 Å². The summed E-state index contributed by atoms with van der Waals surface area (Å²) in [7, 11) is 0. The second kappa shape index (κ2) is 10.5. The molecule has 1 aliphatic carbocycles. The van der Waals surface area contributed by atoms with Crippen LogP contribution in [-0.4, -0.2) is 12.1 Å². The number of esters is 1. The highest BCUT2D eigenvalue weighted by molar-refractivity contribution is 7.14. The van der Waals surface area contributed by atoms with Gasteiger partial charge in [0, 0.05) is 17.2 Å². The van der Waals surface area contributed by atoms with Gasteiger partial charge in [0.05, 0.1) is 16.5 Å². The minimum atomic E-state index is -0.840. The van der Waals surface area contributed by atoms with Gasteiger partial charge in [-0.1, -0.05) is 54.6 Å². The lowest BCUT2D eigenvalue weighted by Crippen LogP contribution is -2.16. The molecule has 0 radical (unpaired) electrons. The number of thiophene rings is 1. The molecule has 8 heteroatoms. The van der Waals surface area contributed by atoms with E-state index in [0.717, 1.165) is 35.3 Å². The van der Waals surface area contributed by atoms with Crippen molar-refractivity contribution in [3.05, 3.63) is 95.4 Å². The lowest BCUT2D eigenvalue weighted by molar-refractivity contribution is -0.135. The minimum absolute atomic E-state index is 0.00134. The molecule has 4 aromatic rings. The zero-order chi connectivity index (χ0) is 25.9. The van der Waals surface area contributed by atoms with Gasteiger partial charge in [-0.2, -0.15) is 4.39 Å². The number of benzene rings is 3. The summed E-state index contributed by atoms with van der Waals surface area (Å²) in [6, 6.07) is 21.8. The van der Waals surface area contributed by atoms with Crippen LogP contribution in [-0.2, 0) is 9.53 Å². The van der Waals surface area contributed by atoms with E-state index in [4.69, 9.17) is 9.47 Å². The molecule has 1 aromatic heterocycles. The van der Waals surface area contributed by atoms with Crippen LogP contribution in [0.15, 0.2) is 78.9 Å². The van der Waals surface area contributed by atoms with E-state index in [9.17, 15) is 18.4 Å². The Bertz CT molecular complexity index is 1450. The van der Waals surface area contributed by atoms with Crippen LogP contribution in [0.4, 0.5) is 19.3 Å². The summed E-state index contributed by atoms with van der Waals surface area (Å²) >= 11 is 0.891. The van der Waals surface area contributed by atoms with E-state index < -0.39 is 23.1 Å². The summed E-state index contributed by atoms with van der Waals surface area (Å²) in [5, 5.41) is 2.12. The first-order valence-corrected chi connectivity index (χ1v) is 12.6. The summed E-state index contributed by atoms with van der Waals surface area (Å²) < 4.78 is 39.2. The van der Waals surface area contributed by atoms with Crippen molar-refractivity contribution >= 4 is 29.1 Å². The van der Waals surface area contributed by atoms with Crippen molar-refractivity contribution < 1.29 is 27.8 Å². The molecule has 1 aliphatic rings. The zero-order valence-corrected chi connectivity index (χ0v) is 20.7. The van der Waals surface area contributed by atoms with Crippen LogP contribution in [0.5, 0.6) is 5.75 Å². The number of ether oxygens (including phenoxy) is 2. The fourth-order valence-corrected chi connectivity index (χ4v) is 4.86. The average Bonchev–Trinajstić information content (AvgIpc) is 3.68. The maximum absolute atomic E-state index is 14.4. The second-order valence-electron chi connectivity index (χ2n) is 8.75. The van der Waals surface area contributed by atoms with Gasteiger partial charge in [-0.05, 0) is 49.1 Å². The Kier molecular flexibility index (Phi) is 7.01. The number of carbonyl (C=O) groups is 2. The highest BCUT2D eigenvalue weighted by atomic mass is 32.1. The Morgan fingerprint density at radius 2 is 1.62 bits per heavy atom. The highest BCUT2D eigenvalue weighted by Gasteiger charge is 2.31. The molecule has 0 aliphatic heterocycles. The average molecular weight is 520 g/mol. The van der Waals surface area contributed by atoms with Crippen LogP contribution in [0, 0.1) is 16.9 Å². The van der Waals surface area contributed by atoms with Gasteiger partial charge in [0.25, 0.3) is 0 Å². The molecule has 3 aromatic carbocycles. The van der Waals surface area contributed by atoms with Crippen molar-refractivity contribution in [2.75, 3.05) is 5.32 Å². The van der Waals surface area contributed by atoms with Gasteiger partial charge < -0.3 is 9.47 Å². The molecule has 188 valence electrons. The molecule has 5 rings (SSSR count). The van der Waals surface area contributed by atoms with Gasteiger partial charge in [0.1, 0.15) is 17.7 Å². The Labute approximate surface area is 216 Å². The van der Waals surface area contributed by atoms with E-state index in [-0.39, 0.29) is 23.1 Å². The largest absolute Gasteiger partial charge is 0.441 e. The number of carbonyl (C=O) groups excluding carboxylic acids is 2. The normalized spacial score (nSPS) is 13.6. The van der Waals surface area contributed by atoms with Crippen LogP contribution in [0.25, 0.3) is 21.6 Å². The quantitative estimate of drug-likeness (QED) is 0.199. The predicted octanol–water partition coefficient (Wildman–Crippen LogP) is 7.99. The third-order valence-electron chi connectivity index (χ3n) is 6.03. The summed E-state index contributed by atoms with van der Waals surface area (Å²) in [6.07, 6.45) is 0.0726. The summed E-state index contributed by atoms with van der Waals surface area (Å²) in [6.45, 7) is 1.56. The van der Waals surface area contributed by atoms with Gasteiger partial charge in [-0.15, -0.1) is 11.3 Å². The van der Waals surface area contributed by atoms with E-state index in [1.54, 1.807) is 31.2 Å². The molecule has 1 fully saturated rings. The van der Waals surface area contributed by atoms with Crippen molar-refractivity contribution in [1.82, 2.24) is 0 Å². The monoisotopic (exact) mass is 519 g/mol.